The standard InChI is InChI=1S/C25H32O6/c1-5-29-24(4)30-14-20(28)25(31-24)11-9-18-17-7-6-15-12-16(26)8-10-22(15,2)21(17)19(27)13-23(18,25)3/h8,10,12,17-18,21H,5-7,9,11,13-14H2,1-4H3/t17-,18-,21+,22-,23-,24?,25-/m0/s1. The third-order valence-electron chi connectivity index (χ3n) is 9.06. The highest BCUT2D eigenvalue weighted by Gasteiger charge is 2.71. The van der Waals surface area contributed by atoms with Crippen molar-refractivity contribution in [3.05, 3.63) is 23.8 Å². The monoisotopic (exact) mass is 428 g/mol. The summed E-state index contributed by atoms with van der Waals surface area (Å²) in [4.78, 5) is 39.0. The molecule has 0 aromatic heterocycles. The highest BCUT2D eigenvalue weighted by molar-refractivity contribution is 6.02. The van der Waals surface area contributed by atoms with Crippen LogP contribution < -0.4 is 0 Å². The Balaban J connectivity index is 1.54. The fourth-order valence-corrected chi connectivity index (χ4v) is 7.69. The molecule has 0 aromatic carbocycles. The fraction of sp³-hybridized carbons (Fsp3) is 0.720. The van der Waals surface area contributed by atoms with Crippen LogP contribution in [0.25, 0.3) is 0 Å². The first-order valence-electron chi connectivity index (χ1n) is 11.6. The molecule has 1 saturated heterocycles. The van der Waals surface area contributed by atoms with E-state index < -0.39 is 22.4 Å². The van der Waals surface area contributed by atoms with Gasteiger partial charge in [-0.05, 0) is 56.6 Å². The number of ketones is 3. The summed E-state index contributed by atoms with van der Waals surface area (Å²) >= 11 is 0. The van der Waals surface area contributed by atoms with Crippen molar-refractivity contribution < 1.29 is 28.6 Å². The van der Waals surface area contributed by atoms with Gasteiger partial charge < -0.3 is 14.2 Å². The maximum absolute atomic E-state index is 13.8. The molecule has 0 N–H and O–H groups in total. The van der Waals surface area contributed by atoms with Crippen molar-refractivity contribution in [1.82, 2.24) is 0 Å². The van der Waals surface area contributed by atoms with E-state index in [1.165, 1.54) is 0 Å². The lowest BCUT2D eigenvalue weighted by atomic mass is 9.46. The van der Waals surface area contributed by atoms with Gasteiger partial charge in [0.2, 0.25) is 0 Å². The van der Waals surface area contributed by atoms with Crippen LogP contribution in [-0.2, 0) is 28.6 Å². The number of fused-ring (bicyclic) bond motifs is 6. The van der Waals surface area contributed by atoms with Crippen LogP contribution in [0, 0.1) is 28.6 Å². The molecule has 1 heterocycles. The van der Waals surface area contributed by atoms with E-state index in [1.54, 1.807) is 19.1 Å². The average Bonchev–Trinajstić information content (AvgIpc) is 2.98. The van der Waals surface area contributed by atoms with Gasteiger partial charge in [-0.25, -0.2) is 0 Å². The van der Waals surface area contributed by atoms with Gasteiger partial charge >= 0.3 is 0 Å². The molecule has 1 aliphatic heterocycles. The minimum absolute atomic E-state index is 0.00949. The molecule has 0 aromatic rings. The lowest BCUT2D eigenvalue weighted by molar-refractivity contribution is -0.419. The van der Waals surface area contributed by atoms with Gasteiger partial charge in [-0.1, -0.05) is 25.5 Å². The molecule has 0 radical (unpaired) electrons. The van der Waals surface area contributed by atoms with Crippen LogP contribution in [0.1, 0.15) is 59.8 Å². The van der Waals surface area contributed by atoms with Crippen LogP contribution in [0.3, 0.4) is 0 Å². The molecule has 7 atom stereocenters. The van der Waals surface area contributed by atoms with E-state index in [0.29, 0.717) is 19.4 Å². The summed E-state index contributed by atoms with van der Waals surface area (Å²) in [6, 6.07) is 0. The molecule has 31 heavy (non-hydrogen) atoms. The van der Waals surface area contributed by atoms with Crippen LogP contribution >= 0.6 is 0 Å². The highest BCUT2D eigenvalue weighted by Crippen LogP contribution is 2.67. The van der Waals surface area contributed by atoms with E-state index in [9.17, 15) is 14.4 Å². The maximum Gasteiger partial charge on any atom is 0.281 e. The number of carbonyl (C=O) groups excluding carboxylic acids is 3. The maximum atomic E-state index is 13.8. The molecule has 4 aliphatic carbocycles. The molecular formula is C25H32O6. The molecule has 3 saturated carbocycles. The zero-order valence-corrected chi connectivity index (χ0v) is 18.9. The Morgan fingerprint density at radius 2 is 1.94 bits per heavy atom. The van der Waals surface area contributed by atoms with Gasteiger partial charge in [0.05, 0.1) is 0 Å². The first-order chi connectivity index (χ1) is 14.6. The van der Waals surface area contributed by atoms with Gasteiger partial charge in [0.1, 0.15) is 18.0 Å². The molecule has 0 amide bonds. The van der Waals surface area contributed by atoms with Gasteiger partial charge in [-0.2, -0.15) is 0 Å². The largest absolute Gasteiger partial charge is 0.328 e. The van der Waals surface area contributed by atoms with Gasteiger partial charge in [0.25, 0.3) is 5.97 Å². The number of hydrogen-bond donors (Lipinski definition) is 0. The first kappa shape index (κ1) is 21.2. The van der Waals surface area contributed by atoms with Gasteiger partial charge in [0.15, 0.2) is 11.6 Å². The smallest absolute Gasteiger partial charge is 0.281 e. The van der Waals surface area contributed by atoms with Crippen LogP contribution in [0.5, 0.6) is 0 Å². The predicted molar refractivity (Wildman–Crippen MR) is 112 cm³/mol. The fourth-order valence-electron chi connectivity index (χ4n) is 7.69. The van der Waals surface area contributed by atoms with Gasteiger partial charge in [0, 0.05) is 36.7 Å². The normalized spacial score (nSPS) is 49.0. The zero-order chi connectivity index (χ0) is 22.2. The van der Waals surface area contributed by atoms with Crippen LogP contribution in [0.4, 0.5) is 0 Å². The predicted octanol–water partition coefficient (Wildman–Crippen LogP) is 3.54. The Kier molecular flexibility index (Phi) is 4.58. The third-order valence-corrected chi connectivity index (χ3v) is 9.06. The van der Waals surface area contributed by atoms with Crippen LogP contribution in [-0.4, -0.2) is 42.1 Å². The van der Waals surface area contributed by atoms with Gasteiger partial charge in [-0.3, -0.25) is 14.4 Å². The van der Waals surface area contributed by atoms with Crippen molar-refractivity contribution in [2.45, 2.75) is 71.4 Å². The number of hydrogen-bond acceptors (Lipinski definition) is 6. The molecular weight excluding hydrogens is 396 g/mol. The average molecular weight is 429 g/mol. The second-order valence-corrected chi connectivity index (χ2v) is 10.5. The lowest BCUT2D eigenvalue weighted by Crippen LogP contribution is -2.66. The quantitative estimate of drug-likeness (QED) is 0.669. The number of carbonyl (C=O) groups is 3. The molecule has 6 nitrogen and oxygen atoms in total. The Labute approximate surface area is 183 Å². The molecule has 1 spiro atoms. The van der Waals surface area contributed by atoms with Crippen molar-refractivity contribution in [2.75, 3.05) is 13.2 Å². The Hall–Kier alpha value is -1.63. The molecule has 5 rings (SSSR count). The third kappa shape index (κ3) is 2.71. The number of allylic oxidation sites excluding steroid dienone is 4. The summed E-state index contributed by atoms with van der Waals surface area (Å²) in [6.07, 6.45) is 8.71. The van der Waals surface area contributed by atoms with Crippen molar-refractivity contribution in [3.8, 4) is 0 Å². The number of Topliss-reactive ketones (excluding diaryl/α,β-unsaturated/α-hetero) is 2. The summed E-state index contributed by atoms with van der Waals surface area (Å²) in [6.45, 7) is 8.11. The van der Waals surface area contributed by atoms with Gasteiger partial charge in [-0.15, -0.1) is 0 Å². The lowest BCUT2D eigenvalue weighted by Gasteiger charge is -2.58. The van der Waals surface area contributed by atoms with E-state index in [0.717, 1.165) is 24.8 Å². The second-order valence-electron chi connectivity index (χ2n) is 10.5. The second kappa shape index (κ2) is 6.69. The summed E-state index contributed by atoms with van der Waals surface area (Å²) in [5.41, 5.74) is -0.981. The summed E-state index contributed by atoms with van der Waals surface area (Å²) < 4.78 is 17.8. The molecule has 168 valence electrons. The van der Waals surface area contributed by atoms with Crippen LogP contribution in [0.2, 0.25) is 0 Å². The van der Waals surface area contributed by atoms with E-state index in [4.69, 9.17) is 14.2 Å². The molecule has 4 fully saturated rings. The SMILES string of the molecule is CCOC1(C)OCC(=O)[C@]2(CC[C@H]3[C@@H]4CCC5=CC(=O)C=C[C@]5(C)[C@H]4C(=O)C[C@@]32C)O1. The van der Waals surface area contributed by atoms with Crippen molar-refractivity contribution >= 4 is 17.3 Å². The zero-order valence-electron chi connectivity index (χ0n) is 18.9. The van der Waals surface area contributed by atoms with Crippen LogP contribution in [0.15, 0.2) is 23.8 Å². The first-order valence-corrected chi connectivity index (χ1v) is 11.6. The van der Waals surface area contributed by atoms with E-state index in [1.807, 2.05) is 13.0 Å². The Morgan fingerprint density at radius 3 is 2.68 bits per heavy atom. The van der Waals surface area contributed by atoms with Crippen molar-refractivity contribution in [2.24, 2.45) is 28.6 Å². The topological polar surface area (TPSA) is 78.9 Å². The summed E-state index contributed by atoms with van der Waals surface area (Å²) in [5, 5.41) is 0. The summed E-state index contributed by atoms with van der Waals surface area (Å²) in [5.74, 6) is -0.949. The van der Waals surface area contributed by atoms with Crippen molar-refractivity contribution in [3.63, 3.8) is 0 Å². The van der Waals surface area contributed by atoms with Crippen molar-refractivity contribution in [1.29, 1.82) is 0 Å². The number of rotatable bonds is 2. The minimum atomic E-state index is -1.28. The molecule has 0 bridgehead atoms. The molecule has 5 aliphatic rings. The number of ether oxygens (including phenoxy) is 3. The Bertz CT molecular complexity index is 919. The Morgan fingerprint density at radius 1 is 1.16 bits per heavy atom. The van der Waals surface area contributed by atoms with E-state index in [-0.39, 0.29) is 41.7 Å². The summed E-state index contributed by atoms with van der Waals surface area (Å²) in [7, 11) is 0. The highest BCUT2D eigenvalue weighted by atomic mass is 16.9. The molecule has 1 unspecified atom stereocenters. The molecule has 6 heteroatoms. The van der Waals surface area contributed by atoms with E-state index >= 15 is 0 Å². The minimum Gasteiger partial charge on any atom is -0.328 e. The van der Waals surface area contributed by atoms with E-state index in [2.05, 4.69) is 13.8 Å².